The molecule has 1 aromatic heterocycles. The van der Waals surface area contributed by atoms with Gasteiger partial charge in [0.2, 0.25) is 0 Å². The Balaban J connectivity index is 2.54. The minimum absolute atomic E-state index is 0.143. The zero-order chi connectivity index (χ0) is 11.8. The lowest BCUT2D eigenvalue weighted by Crippen LogP contribution is -2.34. The van der Waals surface area contributed by atoms with Crippen LogP contribution in [0, 0.1) is 0 Å². The van der Waals surface area contributed by atoms with Crippen molar-refractivity contribution in [2.24, 2.45) is 0 Å². The molecule has 1 fully saturated rings. The van der Waals surface area contributed by atoms with E-state index in [0.29, 0.717) is 5.56 Å². The van der Waals surface area contributed by atoms with E-state index < -0.39 is 6.09 Å². The summed E-state index contributed by atoms with van der Waals surface area (Å²) in [4.78, 5) is 22.8. The van der Waals surface area contributed by atoms with Gasteiger partial charge < -0.3 is 5.11 Å². The van der Waals surface area contributed by atoms with E-state index >= 15 is 0 Å². The Bertz CT molecular complexity index is 469. The number of pyridine rings is 1. The summed E-state index contributed by atoms with van der Waals surface area (Å²) < 4.78 is 0.763. The lowest BCUT2D eigenvalue weighted by Gasteiger charge is -2.23. The molecule has 16 heavy (non-hydrogen) atoms. The number of rotatable bonds is 1. The molecule has 1 aliphatic carbocycles. The highest BCUT2D eigenvalue weighted by Gasteiger charge is 2.33. The minimum atomic E-state index is -1.21. The van der Waals surface area contributed by atoms with Crippen molar-refractivity contribution in [3.05, 3.63) is 34.2 Å². The quantitative estimate of drug-likeness (QED) is 0.790. The van der Waals surface area contributed by atoms with Gasteiger partial charge in [0.05, 0.1) is 0 Å². The summed E-state index contributed by atoms with van der Waals surface area (Å²) in [5, 5.41) is 8.88. The number of aromatic nitrogens is 1. The first kappa shape index (κ1) is 10.9. The summed E-state index contributed by atoms with van der Waals surface area (Å²) >= 11 is 0. The first-order chi connectivity index (χ1) is 7.54. The van der Waals surface area contributed by atoms with Crippen LogP contribution in [0.5, 0.6) is 0 Å². The third-order valence-corrected chi connectivity index (χ3v) is 3.51. The fourth-order valence-corrected chi connectivity index (χ4v) is 2.53. The Labute approximate surface area is 93.5 Å². The van der Waals surface area contributed by atoms with E-state index in [1.54, 1.807) is 12.1 Å². The molecule has 1 aromatic rings. The van der Waals surface area contributed by atoms with Gasteiger partial charge in [0.15, 0.2) is 0 Å². The van der Waals surface area contributed by atoms with Crippen LogP contribution in [0.2, 0.25) is 0 Å². The lowest BCUT2D eigenvalue weighted by atomic mass is 9.82. The fraction of sp³-hybridized carbons (Fsp3) is 0.500. The monoisotopic (exact) mass is 221 g/mol. The number of hydrogen-bond acceptors (Lipinski definition) is 2. The summed E-state index contributed by atoms with van der Waals surface area (Å²) in [5.41, 5.74) is 0.101. The van der Waals surface area contributed by atoms with E-state index in [1.165, 1.54) is 6.20 Å². The van der Waals surface area contributed by atoms with Crippen LogP contribution in [0.3, 0.4) is 0 Å². The molecule has 0 aliphatic heterocycles. The van der Waals surface area contributed by atoms with Crippen LogP contribution in [-0.2, 0) is 5.41 Å². The van der Waals surface area contributed by atoms with Gasteiger partial charge >= 0.3 is 6.09 Å². The van der Waals surface area contributed by atoms with Crippen molar-refractivity contribution in [2.75, 3.05) is 0 Å². The SMILES string of the molecule is CC1(c2cccn(C(=O)O)c2=O)CCCC1. The second-order valence-electron chi connectivity index (χ2n) is 4.65. The zero-order valence-electron chi connectivity index (χ0n) is 9.27. The van der Waals surface area contributed by atoms with Gasteiger partial charge in [0.1, 0.15) is 0 Å². The highest BCUT2D eigenvalue weighted by molar-refractivity contribution is 5.67. The summed E-state index contributed by atoms with van der Waals surface area (Å²) in [6, 6.07) is 3.39. The molecular weight excluding hydrogens is 206 g/mol. The minimum Gasteiger partial charge on any atom is -0.464 e. The molecule has 1 saturated carbocycles. The molecule has 1 aliphatic rings. The van der Waals surface area contributed by atoms with E-state index in [2.05, 4.69) is 0 Å². The van der Waals surface area contributed by atoms with Crippen molar-refractivity contribution in [2.45, 2.75) is 38.0 Å². The fourth-order valence-electron chi connectivity index (χ4n) is 2.53. The number of nitrogens with zero attached hydrogens (tertiary/aromatic N) is 1. The molecule has 4 nitrogen and oxygen atoms in total. The van der Waals surface area contributed by atoms with Crippen LogP contribution in [-0.4, -0.2) is 15.8 Å². The van der Waals surface area contributed by atoms with Gasteiger partial charge in [0, 0.05) is 11.8 Å². The van der Waals surface area contributed by atoms with E-state index in [0.717, 1.165) is 30.3 Å². The summed E-state index contributed by atoms with van der Waals surface area (Å²) in [6.45, 7) is 2.04. The Morgan fingerprint density at radius 1 is 1.44 bits per heavy atom. The highest BCUT2D eigenvalue weighted by Crippen LogP contribution is 2.38. The molecular formula is C12H15NO3. The van der Waals surface area contributed by atoms with Gasteiger partial charge in [-0.05, 0) is 24.3 Å². The van der Waals surface area contributed by atoms with Crippen LogP contribution in [0.1, 0.15) is 38.2 Å². The first-order valence-corrected chi connectivity index (χ1v) is 5.50. The smallest absolute Gasteiger partial charge is 0.418 e. The van der Waals surface area contributed by atoms with Crippen molar-refractivity contribution in [1.29, 1.82) is 0 Å². The summed E-state index contributed by atoms with van der Waals surface area (Å²) in [6.07, 6.45) is 4.23. The van der Waals surface area contributed by atoms with Crippen LogP contribution in [0.4, 0.5) is 4.79 Å². The van der Waals surface area contributed by atoms with Crippen LogP contribution < -0.4 is 5.56 Å². The van der Waals surface area contributed by atoms with E-state index in [-0.39, 0.29) is 11.0 Å². The molecule has 2 rings (SSSR count). The molecule has 0 bridgehead atoms. The van der Waals surface area contributed by atoms with Crippen LogP contribution >= 0.6 is 0 Å². The van der Waals surface area contributed by atoms with Crippen molar-refractivity contribution in [3.63, 3.8) is 0 Å². The van der Waals surface area contributed by atoms with E-state index in [1.807, 2.05) is 6.92 Å². The predicted molar refractivity (Wildman–Crippen MR) is 59.9 cm³/mol. The number of hydrogen-bond donors (Lipinski definition) is 1. The average Bonchev–Trinajstić information content (AvgIpc) is 2.66. The Morgan fingerprint density at radius 2 is 2.06 bits per heavy atom. The van der Waals surface area contributed by atoms with Gasteiger partial charge in [-0.1, -0.05) is 25.8 Å². The predicted octanol–water partition coefficient (Wildman–Crippen LogP) is 2.21. The normalized spacial score (nSPS) is 18.6. The standard InChI is InChI=1S/C12H15NO3/c1-12(6-2-3-7-12)9-5-4-8-13(10(9)14)11(15)16/h4-5,8H,2-3,6-7H2,1H3,(H,15,16). The Morgan fingerprint density at radius 3 is 2.62 bits per heavy atom. The van der Waals surface area contributed by atoms with Crippen molar-refractivity contribution >= 4 is 6.09 Å². The summed E-state index contributed by atoms with van der Waals surface area (Å²) in [7, 11) is 0. The molecule has 1 N–H and O–H groups in total. The van der Waals surface area contributed by atoms with Crippen molar-refractivity contribution in [3.8, 4) is 0 Å². The topological polar surface area (TPSA) is 59.3 Å². The van der Waals surface area contributed by atoms with Gasteiger partial charge in [-0.3, -0.25) is 4.79 Å². The summed E-state index contributed by atoms with van der Waals surface area (Å²) in [5.74, 6) is 0. The third kappa shape index (κ3) is 1.64. The molecule has 0 saturated heterocycles. The zero-order valence-corrected chi connectivity index (χ0v) is 9.27. The highest BCUT2D eigenvalue weighted by atomic mass is 16.4. The Kier molecular flexibility index (Phi) is 2.58. The van der Waals surface area contributed by atoms with E-state index in [9.17, 15) is 9.59 Å². The molecule has 0 spiro atoms. The second kappa shape index (κ2) is 3.77. The second-order valence-corrected chi connectivity index (χ2v) is 4.65. The molecule has 1 heterocycles. The van der Waals surface area contributed by atoms with E-state index in [4.69, 9.17) is 5.11 Å². The maximum absolute atomic E-state index is 12.0. The van der Waals surface area contributed by atoms with Crippen molar-refractivity contribution < 1.29 is 9.90 Å². The van der Waals surface area contributed by atoms with Gasteiger partial charge in [-0.25, -0.2) is 9.36 Å². The molecule has 0 amide bonds. The molecule has 0 aromatic carbocycles. The van der Waals surface area contributed by atoms with Gasteiger partial charge in [0.25, 0.3) is 5.56 Å². The molecule has 4 heteroatoms. The molecule has 0 atom stereocenters. The molecule has 0 unspecified atom stereocenters. The maximum atomic E-state index is 12.0. The number of carboxylic acid groups (broad SMARTS) is 1. The first-order valence-electron chi connectivity index (χ1n) is 5.50. The lowest BCUT2D eigenvalue weighted by molar-refractivity contribution is 0.195. The van der Waals surface area contributed by atoms with Crippen LogP contribution in [0.25, 0.3) is 0 Å². The Hall–Kier alpha value is -1.58. The van der Waals surface area contributed by atoms with Crippen LogP contribution in [0.15, 0.2) is 23.1 Å². The third-order valence-electron chi connectivity index (χ3n) is 3.51. The van der Waals surface area contributed by atoms with Gasteiger partial charge in [-0.15, -0.1) is 0 Å². The molecule has 0 radical (unpaired) electrons. The average molecular weight is 221 g/mol. The maximum Gasteiger partial charge on any atom is 0.418 e. The number of carbonyl (C=O) groups is 1. The molecule has 86 valence electrons. The van der Waals surface area contributed by atoms with Gasteiger partial charge in [-0.2, -0.15) is 0 Å². The largest absolute Gasteiger partial charge is 0.464 e. The van der Waals surface area contributed by atoms with Crippen molar-refractivity contribution in [1.82, 2.24) is 4.57 Å².